The Kier molecular flexibility index (Phi) is 4.88. The third kappa shape index (κ3) is 3.58. The topological polar surface area (TPSA) is 75.2 Å². The lowest BCUT2D eigenvalue weighted by molar-refractivity contribution is 0.346. The van der Waals surface area contributed by atoms with Gasteiger partial charge in [-0.05, 0) is 42.5 Å². The number of thiophene rings is 1. The minimum absolute atomic E-state index is 0.292. The normalized spacial score (nSPS) is 16.0. The monoisotopic (exact) mass is 388 g/mol. The Labute approximate surface area is 157 Å². The van der Waals surface area contributed by atoms with Gasteiger partial charge in [-0.15, -0.1) is 11.3 Å². The highest BCUT2D eigenvalue weighted by molar-refractivity contribution is 7.89. The molecule has 0 radical (unpaired) electrons. The van der Waals surface area contributed by atoms with Crippen molar-refractivity contribution < 1.29 is 8.42 Å². The molecule has 1 aliphatic heterocycles. The van der Waals surface area contributed by atoms with E-state index in [-0.39, 0.29) is 0 Å². The van der Waals surface area contributed by atoms with Crippen molar-refractivity contribution in [3.63, 3.8) is 0 Å². The Morgan fingerprint density at radius 3 is 2.73 bits per heavy atom. The number of hydrogen-bond acceptors (Lipinski definition) is 6. The van der Waals surface area contributed by atoms with Gasteiger partial charge in [-0.1, -0.05) is 12.5 Å². The number of sulfonamides is 1. The third-order valence-electron chi connectivity index (χ3n) is 4.49. The maximum Gasteiger partial charge on any atom is 0.243 e. The van der Waals surface area contributed by atoms with Crippen LogP contribution in [0, 0.1) is 0 Å². The molecule has 1 aliphatic rings. The van der Waals surface area contributed by atoms with Gasteiger partial charge >= 0.3 is 0 Å². The Bertz CT molecular complexity index is 997. The standard InChI is InChI=1S/C18H20N4O2S2/c23-26(24,22-8-2-1-3-9-22)15-6-7-16-17(11-15)19-13-18(21-16)20-12-14-5-4-10-25-14/h4-7,10-11,13H,1-3,8-9,12H2,(H,20,21). The lowest BCUT2D eigenvalue weighted by Crippen LogP contribution is -2.35. The molecule has 0 saturated carbocycles. The van der Waals surface area contributed by atoms with Crippen molar-refractivity contribution in [3.8, 4) is 0 Å². The van der Waals surface area contributed by atoms with Crippen molar-refractivity contribution in [1.82, 2.24) is 14.3 Å². The molecule has 0 spiro atoms. The fourth-order valence-corrected chi connectivity index (χ4v) is 5.26. The Balaban J connectivity index is 1.56. The van der Waals surface area contributed by atoms with Gasteiger partial charge in [0, 0.05) is 18.0 Å². The molecular weight excluding hydrogens is 368 g/mol. The van der Waals surface area contributed by atoms with Crippen LogP contribution in [0.25, 0.3) is 11.0 Å². The van der Waals surface area contributed by atoms with Crippen molar-refractivity contribution in [2.45, 2.75) is 30.7 Å². The van der Waals surface area contributed by atoms with Crippen molar-refractivity contribution >= 4 is 38.2 Å². The van der Waals surface area contributed by atoms with Gasteiger partial charge in [0.25, 0.3) is 0 Å². The van der Waals surface area contributed by atoms with E-state index < -0.39 is 10.0 Å². The van der Waals surface area contributed by atoms with Crippen LogP contribution in [0.1, 0.15) is 24.1 Å². The van der Waals surface area contributed by atoms with Gasteiger partial charge in [0.05, 0.1) is 28.7 Å². The minimum atomic E-state index is -3.45. The average Bonchev–Trinajstić information content (AvgIpc) is 3.20. The van der Waals surface area contributed by atoms with Crippen molar-refractivity contribution in [2.75, 3.05) is 18.4 Å². The molecule has 3 aromatic rings. The van der Waals surface area contributed by atoms with Crippen LogP contribution in [0.3, 0.4) is 0 Å². The summed E-state index contributed by atoms with van der Waals surface area (Å²) in [7, 11) is -3.45. The molecule has 1 aromatic carbocycles. The second-order valence-electron chi connectivity index (χ2n) is 6.30. The molecule has 0 aliphatic carbocycles. The maximum atomic E-state index is 12.8. The SMILES string of the molecule is O=S(=O)(c1ccc2nc(NCc3cccs3)cnc2c1)N1CCCCC1. The van der Waals surface area contributed by atoms with E-state index in [9.17, 15) is 8.42 Å². The summed E-state index contributed by atoms with van der Waals surface area (Å²) in [4.78, 5) is 10.4. The molecule has 0 amide bonds. The van der Waals surface area contributed by atoms with Gasteiger partial charge in [0.2, 0.25) is 10.0 Å². The predicted octanol–water partition coefficient (Wildman–Crippen LogP) is 3.48. The number of benzene rings is 1. The fourth-order valence-electron chi connectivity index (χ4n) is 3.08. The quantitative estimate of drug-likeness (QED) is 0.724. The summed E-state index contributed by atoms with van der Waals surface area (Å²) in [5.74, 6) is 0.678. The molecule has 26 heavy (non-hydrogen) atoms. The van der Waals surface area contributed by atoms with Crippen LogP contribution in [0.15, 0.2) is 46.8 Å². The number of piperidine rings is 1. The number of hydrogen-bond donors (Lipinski definition) is 1. The molecule has 0 bridgehead atoms. The molecule has 4 rings (SSSR count). The number of fused-ring (bicyclic) bond motifs is 1. The molecule has 1 N–H and O–H groups in total. The molecule has 0 atom stereocenters. The fraction of sp³-hybridized carbons (Fsp3) is 0.333. The third-order valence-corrected chi connectivity index (χ3v) is 7.26. The van der Waals surface area contributed by atoms with E-state index in [1.54, 1.807) is 40.0 Å². The first kappa shape index (κ1) is 17.4. The second kappa shape index (κ2) is 7.30. The van der Waals surface area contributed by atoms with Gasteiger partial charge in [-0.25, -0.2) is 13.4 Å². The number of nitrogens with zero attached hydrogens (tertiary/aromatic N) is 3. The molecular formula is C18H20N4O2S2. The smallest absolute Gasteiger partial charge is 0.243 e. The van der Waals surface area contributed by atoms with Crippen molar-refractivity contribution in [1.29, 1.82) is 0 Å². The zero-order chi connectivity index (χ0) is 18.0. The van der Waals surface area contributed by atoms with Crippen LogP contribution in [-0.4, -0.2) is 35.8 Å². The molecule has 6 nitrogen and oxygen atoms in total. The van der Waals surface area contributed by atoms with Gasteiger partial charge in [-0.3, -0.25) is 4.98 Å². The first-order valence-corrected chi connectivity index (χ1v) is 11.0. The van der Waals surface area contributed by atoms with Gasteiger partial charge < -0.3 is 5.32 Å². The Morgan fingerprint density at radius 2 is 1.96 bits per heavy atom. The van der Waals surface area contributed by atoms with E-state index in [4.69, 9.17) is 0 Å². The van der Waals surface area contributed by atoms with Crippen LogP contribution >= 0.6 is 11.3 Å². The zero-order valence-corrected chi connectivity index (χ0v) is 15.9. The lowest BCUT2D eigenvalue weighted by atomic mass is 10.2. The molecule has 1 fully saturated rings. The summed E-state index contributed by atoms with van der Waals surface area (Å²) in [6.45, 7) is 1.88. The summed E-state index contributed by atoms with van der Waals surface area (Å²) >= 11 is 1.68. The maximum absolute atomic E-state index is 12.8. The van der Waals surface area contributed by atoms with Gasteiger partial charge in [-0.2, -0.15) is 4.31 Å². The molecule has 3 heterocycles. The number of rotatable bonds is 5. The van der Waals surface area contributed by atoms with Crippen LogP contribution in [0.5, 0.6) is 0 Å². The minimum Gasteiger partial charge on any atom is -0.364 e. The Morgan fingerprint density at radius 1 is 1.12 bits per heavy atom. The Hall–Kier alpha value is -2.03. The summed E-state index contributed by atoms with van der Waals surface area (Å²) < 4.78 is 27.2. The highest BCUT2D eigenvalue weighted by atomic mass is 32.2. The van der Waals surface area contributed by atoms with Crippen LogP contribution < -0.4 is 5.32 Å². The van der Waals surface area contributed by atoms with Gasteiger partial charge in [0.1, 0.15) is 5.82 Å². The lowest BCUT2D eigenvalue weighted by Gasteiger charge is -2.25. The summed E-state index contributed by atoms with van der Waals surface area (Å²) in [6.07, 6.45) is 4.58. The number of anilines is 1. The molecule has 0 unspecified atom stereocenters. The highest BCUT2D eigenvalue weighted by Crippen LogP contribution is 2.23. The van der Waals surface area contributed by atoms with Crippen molar-refractivity contribution in [3.05, 3.63) is 46.8 Å². The van der Waals surface area contributed by atoms with Crippen LogP contribution in [0.4, 0.5) is 5.82 Å². The first-order valence-electron chi connectivity index (χ1n) is 8.66. The molecule has 136 valence electrons. The van der Waals surface area contributed by atoms with E-state index in [2.05, 4.69) is 21.4 Å². The first-order chi connectivity index (χ1) is 12.6. The summed E-state index contributed by atoms with van der Waals surface area (Å²) in [5, 5.41) is 5.28. The second-order valence-corrected chi connectivity index (χ2v) is 9.27. The summed E-state index contributed by atoms with van der Waals surface area (Å²) in [6, 6.07) is 9.05. The molecule has 1 saturated heterocycles. The number of nitrogens with one attached hydrogen (secondary N) is 1. The van der Waals surface area contributed by atoms with Crippen LogP contribution in [0.2, 0.25) is 0 Å². The van der Waals surface area contributed by atoms with E-state index >= 15 is 0 Å². The van der Waals surface area contributed by atoms with Crippen molar-refractivity contribution in [2.24, 2.45) is 0 Å². The van der Waals surface area contributed by atoms with E-state index in [0.717, 1.165) is 19.3 Å². The zero-order valence-electron chi connectivity index (χ0n) is 14.3. The summed E-state index contributed by atoms with van der Waals surface area (Å²) in [5.41, 5.74) is 1.27. The van der Waals surface area contributed by atoms with Gasteiger partial charge in [0.15, 0.2) is 0 Å². The molecule has 2 aromatic heterocycles. The predicted molar refractivity (Wildman–Crippen MR) is 104 cm³/mol. The van der Waals surface area contributed by atoms with E-state index in [1.807, 2.05) is 11.4 Å². The van der Waals surface area contributed by atoms with E-state index in [1.165, 1.54) is 4.88 Å². The molecule has 8 heteroatoms. The van der Waals surface area contributed by atoms with E-state index in [0.29, 0.717) is 41.4 Å². The number of aromatic nitrogens is 2. The van der Waals surface area contributed by atoms with Crippen LogP contribution in [-0.2, 0) is 16.6 Å². The highest BCUT2D eigenvalue weighted by Gasteiger charge is 2.26. The average molecular weight is 389 g/mol. The largest absolute Gasteiger partial charge is 0.364 e.